The van der Waals surface area contributed by atoms with Gasteiger partial charge in [0.2, 0.25) is 0 Å². The van der Waals surface area contributed by atoms with E-state index in [0.29, 0.717) is 0 Å². The Morgan fingerprint density at radius 3 is 2.00 bits per heavy atom. The van der Waals surface area contributed by atoms with E-state index >= 15 is 0 Å². The Morgan fingerprint density at radius 2 is 1.53 bits per heavy atom. The zero-order valence-electron chi connectivity index (χ0n) is 10.8. The Labute approximate surface area is 104 Å². The SMILES string of the molecule is COP(=O)(CC(=O)C1CCCCCCC1)OC. The van der Waals surface area contributed by atoms with Crippen molar-refractivity contribution in [3.63, 3.8) is 0 Å². The molecule has 0 bridgehead atoms. The maximum Gasteiger partial charge on any atom is 0.337 e. The van der Waals surface area contributed by atoms with E-state index in [9.17, 15) is 9.36 Å². The molecule has 0 aromatic rings. The Kier molecular flexibility index (Phi) is 6.39. The van der Waals surface area contributed by atoms with E-state index in [1.54, 1.807) is 0 Å². The van der Waals surface area contributed by atoms with Crippen molar-refractivity contribution in [1.29, 1.82) is 0 Å². The van der Waals surface area contributed by atoms with Crippen LogP contribution in [-0.2, 0) is 18.4 Å². The number of carbonyl (C=O) groups excluding carboxylic acids is 1. The summed E-state index contributed by atoms with van der Waals surface area (Å²) in [6.07, 6.45) is 7.64. The second-order valence-corrected chi connectivity index (χ2v) is 6.91. The number of ketones is 1. The summed E-state index contributed by atoms with van der Waals surface area (Å²) in [5.41, 5.74) is 0. The van der Waals surface area contributed by atoms with E-state index in [-0.39, 0.29) is 17.9 Å². The fourth-order valence-electron chi connectivity index (χ4n) is 2.30. The van der Waals surface area contributed by atoms with Crippen molar-refractivity contribution in [1.82, 2.24) is 0 Å². The lowest BCUT2D eigenvalue weighted by atomic mass is 9.89. The molecular formula is C12H23O4P. The summed E-state index contributed by atoms with van der Waals surface area (Å²) in [6, 6.07) is 0. The smallest absolute Gasteiger partial charge is 0.312 e. The van der Waals surface area contributed by atoms with Gasteiger partial charge in [0.15, 0.2) is 0 Å². The molecule has 4 nitrogen and oxygen atoms in total. The number of carbonyl (C=O) groups is 1. The van der Waals surface area contributed by atoms with E-state index in [1.807, 2.05) is 0 Å². The molecule has 1 aliphatic rings. The fourth-order valence-corrected chi connectivity index (χ4v) is 3.35. The highest BCUT2D eigenvalue weighted by molar-refractivity contribution is 7.54. The monoisotopic (exact) mass is 262 g/mol. The third-order valence-electron chi connectivity index (χ3n) is 3.47. The summed E-state index contributed by atoms with van der Waals surface area (Å²) in [5, 5.41) is 0. The summed E-state index contributed by atoms with van der Waals surface area (Å²) in [7, 11) is -0.520. The average molecular weight is 262 g/mol. The van der Waals surface area contributed by atoms with E-state index in [4.69, 9.17) is 9.05 Å². The third-order valence-corrected chi connectivity index (χ3v) is 5.28. The molecule has 0 saturated heterocycles. The van der Waals surface area contributed by atoms with E-state index in [0.717, 1.165) is 25.7 Å². The van der Waals surface area contributed by atoms with Crippen LogP contribution in [0.2, 0.25) is 0 Å². The molecule has 0 aromatic heterocycles. The second kappa shape index (κ2) is 7.30. The fraction of sp³-hybridized carbons (Fsp3) is 0.917. The van der Waals surface area contributed by atoms with E-state index < -0.39 is 7.60 Å². The summed E-state index contributed by atoms with van der Waals surface area (Å²) < 4.78 is 21.5. The predicted molar refractivity (Wildman–Crippen MR) is 67.3 cm³/mol. The maximum atomic E-state index is 12.1. The molecule has 100 valence electrons. The van der Waals surface area contributed by atoms with Gasteiger partial charge in [-0.05, 0) is 12.8 Å². The molecule has 5 heteroatoms. The van der Waals surface area contributed by atoms with Crippen LogP contribution in [0.3, 0.4) is 0 Å². The molecule has 1 saturated carbocycles. The normalized spacial score (nSPS) is 19.6. The molecule has 1 fully saturated rings. The van der Waals surface area contributed by atoms with Gasteiger partial charge in [-0.3, -0.25) is 9.36 Å². The van der Waals surface area contributed by atoms with Crippen molar-refractivity contribution in [2.24, 2.45) is 5.92 Å². The Morgan fingerprint density at radius 1 is 1.06 bits per heavy atom. The molecule has 1 rings (SSSR count). The van der Waals surface area contributed by atoms with Crippen LogP contribution < -0.4 is 0 Å². The number of hydrogen-bond donors (Lipinski definition) is 0. The standard InChI is InChI=1S/C12H23O4P/c1-15-17(14,16-2)10-12(13)11-8-6-4-3-5-7-9-11/h11H,3-10H2,1-2H3. The maximum absolute atomic E-state index is 12.1. The molecule has 0 radical (unpaired) electrons. The molecule has 0 heterocycles. The van der Waals surface area contributed by atoms with Gasteiger partial charge in [-0.15, -0.1) is 0 Å². The Bertz CT molecular complexity index is 274. The van der Waals surface area contributed by atoms with Crippen molar-refractivity contribution >= 4 is 13.4 Å². The number of hydrogen-bond acceptors (Lipinski definition) is 4. The number of Topliss-reactive ketones (excluding diaryl/α,β-unsaturated/α-hetero) is 1. The molecule has 17 heavy (non-hydrogen) atoms. The van der Waals surface area contributed by atoms with Gasteiger partial charge < -0.3 is 9.05 Å². The van der Waals surface area contributed by atoms with Crippen molar-refractivity contribution in [3.8, 4) is 0 Å². The minimum Gasteiger partial charge on any atom is -0.312 e. The van der Waals surface area contributed by atoms with Crippen molar-refractivity contribution in [2.75, 3.05) is 20.4 Å². The molecule has 1 aliphatic carbocycles. The highest BCUT2D eigenvalue weighted by Crippen LogP contribution is 2.47. The first kappa shape index (κ1) is 14.9. The first-order valence-electron chi connectivity index (χ1n) is 6.34. The summed E-state index contributed by atoms with van der Waals surface area (Å²) in [6.45, 7) is 0. The van der Waals surface area contributed by atoms with Gasteiger partial charge in [0.05, 0.1) is 0 Å². The lowest BCUT2D eigenvalue weighted by Crippen LogP contribution is -2.20. The van der Waals surface area contributed by atoms with Gasteiger partial charge in [-0.2, -0.15) is 0 Å². The lowest BCUT2D eigenvalue weighted by molar-refractivity contribution is -0.121. The highest BCUT2D eigenvalue weighted by atomic mass is 31.2. The van der Waals surface area contributed by atoms with E-state index in [1.165, 1.54) is 33.5 Å². The van der Waals surface area contributed by atoms with Crippen LogP contribution >= 0.6 is 7.60 Å². The molecule has 0 N–H and O–H groups in total. The van der Waals surface area contributed by atoms with Crippen molar-refractivity contribution in [3.05, 3.63) is 0 Å². The number of rotatable bonds is 5. The van der Waals surface area contributed by atoms with Crippen molar-refractivity contribution in [2.45, 2.75) is 44.9 Å². The van der Waals surface area contributed by atoms with Gasteiger partial charge >= 0.3 is 7.60 Å². The predicted octanol–water partition coefficient (Wildman–Crippen LogP) is 3.40. The van der Waals surface area contributed by atoms with Gasteiger partial charge in [0.25, 0.3) is 0 Å². The lowest BCUT2D eigenvalue weighted by Gasteiger charge is -2.20. The van der Waals surface area contributed by atoms with Crippen LogP contribution in [0.5, 0.6) is 0 Å². The summed E-state index contributed by atoms with van der Waals surface area (Å²) >= 11 is 0. The van der Waals surface area contributed by atoms with Gasteiger partial charge in [-0.25, -0.2) is 0 Å². The Hall–Kier alpha value is -0.180. The first-order chi connectivity index (χ1) is 8.11. The van der Waals surface area contributed by atoms with Crippen LogP contribution in [-0.4, -0.2) is 26.2 Å². The molecular weight excluding hydrogens is 239 g/mol. The van der Waals surface area contributed by atoms with Crippen LogP contribution in [0.25, 0.3) is 0 Å². The topological polar surface area (TPSA) is 52.6 Å². The van der Waals surface area contributed by atoms with Gasteiger partial charge in [0, 0.05) is 20.1 Å². The molecule has 0 aromatic carbocycles. The van der Waals surface area contributed by atoms with Crippen LogP contribution in [0.1, 0.15) is 44.9 Å². The largest absolute Gasteiger partial charge is 0.337 e. The van der Waals surface area contributed by atoms with E-state index in [2.05, 4.69) is 0 Å². The third kappa shape index (κ3) is 4.90. The quantitative estimate of drug-likeness (QED) is 0.712. The molecule has 0 unspecified atom stereocenters. The van der Waals surface area contributed by atoms with Gasteiger partial charge in [0.1, 0.15) is 11.9 Å². The highest BCUT2D eigenvalue weighted by Gasteiger charge is 2.29. The van der Waals surface area contributed by atoms with Crippen LogP contribution in [0, 0.1) is 5.92 Å². The second-order valence-electron chi connectivity index (χ2n) is 4.64. The molecule has 0 amide bonds. The van der Waals surface area contributed by atoms with Crippen LogP contribution in [0.4, 0.5) is 0 Å². The zero-order valence-corrected chi connectivity index (χ0v) is 11.7. The first-order valence-corrected chi connectivity index (χ1v) is 8.07. The summed E-state index contributed by atoms with van der Waals surface area (Å²) in [4.78, 5) is 12.1. The van der Waals surface area contributed by atoms with Crippen molar-refractivity contribution < 1.29 is 18.4 Å². The molecule has 0 spiro atoms. The Balaban J connectivity index is 2.52. The zero-order chi connectivity index (χ0) is 12.7. The average Bonchev–Trinajstić information content (AvgIpc) is 2.28. The van der Waals surface area contributed by atoms with Crippen LogP contribution in [0.15, 0.2) is 0 Å². The molecule has 0 atom stereocenters. The molecule has 0 aliphatic heterocycles. The summed E-state index contributed by atoms with van der Waals surface area (Å²) in [5.74, 6) is 0.0906. The minimum atomic E-state index is -3.18. The van der Waals surface area contributed by atoms with Gasteiger partial charge in [-0.1, -0.05) is 32.1 Å². The minimum absolute atomic E-state index is 0.0407.